The van der Waals surface area contributed by atoms with Crippen LogP contribution in [0.5, 0.6) is 0 Å². The minimum atomic E-state index is -0.0192. The molecule has 0 aliphatic heterocycles. The monoisotopic (exact) mass is 266 g/mol. The van der Waals surface area contributed by atoms with Crippen molar-refractivity contribution in [3.8, 4) is 0 Å². The lowest BCUT2D eigenvalue weighted by molar-refractivity contribution is -0.120. The number of hydrogen-bond acceptors (Lipinski definition) is 3. The van der Waals surface area contributed by atoms with Crippen LogP contribution in [0.2, 0.25) is 0 Å². The van der Waals surface area contributed by atoms with Gasteiger partial charge in [0.05, 0.1) is 5.25 Å². The van der Waals surface area contributed by atoms with Crippen LogP contribution in [0.1, 0.15) is 19.4 Å². The molecule has 100 valence electrons. The number of thioether (sulfide) groups is 1. The highest BCUT2D eigenvalue weighted by Gasteiger charge is 2.13. The molecule has 0 saturated carbocycles. The minimum absolute atomic E-state index is 0.0192. The average Bonchev–Trinajstić information content (AvgIpc) is 2.42. The molecule has 4 heteroatoms. The maximum atomic E-state index is 11.8. The quantitative estimate of drug-likeness (QED) is 0.793. The predicted molar refractivity (Wildman–Crippen MR) is 78.7 cm³/mol. The van der Waals surface area contributed by atoms with Gasteiger partial charge in [-0.1, -0.05) is 30.3 Å². The number of hydrogen-bond donors (Lipinski definition) is 2. The van der Waals surface area contributed by atoms with Gasteiger partial charge < -0.3 is 10.6 Å². The molecule has 2 atom stereocenters. The zero-order valence-corrected chi connectivity index (χ0v) is 12.1. The Labute approximate surface area is 114 Å². The fourth-order valence-corrected chi connectivity index (χ4v) is 2.24. The van der Waals surface area contributed by atoms with Crippen molar-refractivity contribution < 1.29 is 4.79 Å². The summed E-state index contributed by atoms with van der Waals surface area (Å²) < 4.78 is 0. The Morgan fingerprint density at radius 1 is 1.28 bits per heavy atom. The molecule has 0 spiro atoms. The minimum Gasteiger partial charge on any atom is -0.354 e. The Balaban J connectivity index is 2.27. The Morgan fingerprint density at radius 2 is 1.94 bits per heavy atom. The Kier molecular flexibility index (Phi) is 6.83. The van der Waals surface area contributed by atoms with Crippen LogP contribution in [-0.2, 0) is 10.5 Å². The van der Waals surface area contributed by atoms with Crippen LogP contribution in [0.3, 0.4) is 0 Å². The molecule has 0 aliphatic rings. The lowest BCUT2D eigenvalue weighted by Crippen LogP contribution is -2.40. The van der Waals surface area contributed by atoms with Crippen LogP contribution in [0, 0.1) is 0 Å². The largest absolute Gasteiger partial charge is 0.354 e. The fourth-order valence-electron chi connectivity index (χ4n) is 1.37. The molecule has 3 nitrogen and oxygen atoms in total. The third kappa shape index (κ3) is 5.56. The molecule has 2 N–H and O–H groups in total. The van der Waals surface area contributed by atoms with Gasteiger partial charge in [-0.15, -0.1) is 11.8 Å². The van der Waals surface area contributed by atoms with E-state index in [2.05, 4.69) is 22.8 Å². The molecule has 0 aromatic heterocycles. The topological polar surface area (TPSA) is 41.1 Å². The summed E-state index contributed by atoms with van der Waals surface area (Å²) in [6.07, 6.45) is 0. The summed E-state index contributed by atoms with van der Waals surface area (Å²) in [5, 5.41) is 6.02. The maximum absolute atomic E-state index is 11.8. The highest BCUT2D eigenvalue weighted by atomic mass is 32.2. The van der Waals surface area contributed by atoms with Gasteiger partial charge in [0.1, 0.15) is 0 Å². The Bertz CT molecular complexity index is 356. The van der Waals surface area contributed by atoms with Crippen LogP contribution in [0.25, 0.3) is 0 Å². The van der Waals surface area contributed by atoms with E-state index < -0.39 is 0 Å². The molecule has 0 saturated heterocycles. The first kappa shape index (κ1) is 15.1. The van der Waals surface area contributed by atoms with Gasteiger partial charge in [-0.2, -0.15) is 0 Å². The number of likely N-dealkylation sites (N-methyl/N-ethyl adjacent to an activating group) is 1. The molecule has 18 heavy (non-hydrogen) atoms. The van der Waals surface area contributed by atoms with E-state index >= 15 is 0 Å². The van der Waals surface area contributed by atoms with Crippen molar-refractivity contribution in [3.63, 3.8) is 0 Å². The van der Waals surface area contributed by atoms with Gasteiger partial charge in [0, 0.05) is 18.3 Å². The second-order valence-corrected chi connectivity index (χ2v) is 5.70. The lowest BCUT2D eigenvalue weighted by atomic mass is 10.2. The summed E-state index contributed by atoms with van der Waals surface area (Å²) in [6.45, 7) is 4.67. The first-order chi connectivity index (χ1) is 8.63. The number of nitrogens with one attached hydrogen (secondary N) is 2. The summed E-state index contributed by atoms with van der Waals surface area (Å²) in [4.78, 5) is 11.8. The van der Waals surface area contributed by atoms with Crippen molar-refractivity contribution in [1.82, 2.24) is 10.6 Å². The first-order valence-corrected chi connectivity index (χ1v) is 7.29. The van der Waals surface area contributed by atoms with E-state index in [0.29, 0.717) is 12.6 Å². The van der Waals surface area contributed by atoms with Crippen LogP contribution in [0.4, 0.5) is 0 Å². The standard InChI is InChI=1S/C14H22N2OS/c1-11(15-3)9-16-14(17)12(2)18-10-13-7-5-4-6-8-13/h4-8,11-12,15H,9-10H2,1-3H3,(H,16,17). The molecule has 1 rings (SSSR count). The van der Waals surface area contributed by atoms with Crippen molar-refractivity contribution in [2.75, 3.05) is 13.6 Å². The molecular weight excluding hydrogens is 244 g/mol. The summed E-state index contributed by atoms with van der Waals surface area (Å²) in [5.74, 6) is 0.981. The number of rotatable bonds is 7. The molecular formula is C14H22N2OS. The highest BCUT2D eigenvalue weighted by molar-refractivity contribution is 7.99. The summed E-state index contributed by atoms with van der Waals surface area (Å²) in [5.41, 5.74) is 1.26. The lowest BCUT2D eigenvalue weighted by Gasteiger charge is -2.15. The fraction of sp³-hybridized carbons (Fsp3) is 0.500. The molecule has 1 amide bonds. The van der Waals surface area contributed by atoms with Gasteiger partial charge in [-0.3, -0.25) is 4.79 Å². The van der Waals surface area contributed by atoms with Gasteiger partial charge >= 0.3 is 0 Å². The van der Waals surface area contributed by atoms with Crippen molar-refractivity contribution >= 4 is 17.7 Å². The zero-order valence-electron chi connectivity index (χ0n) is 11.3. The molecule has 0 heterocycles. The van der Waals surface area contributed by atoms with Gasteiger partial charge in [0.15, 0.2) is 0 Å². The molecule has 0 bridgehead atoms. The van der Waals surface area contributed by atoms with Crippen LogP contribution >= 0.6 is 11.8 Å². The Morgan fingerprint density at radius 3 is 2.56 bits per heavy atom. The van der Waals surface area contributed by atoms with Gasteiger partial charge in [0.2, 0.25) is 5.91 Å². The van der Waals surface area contributed by atoms with Crippen LogP contribution in [-0.4, -0.2) is 30.8 Å². The highest BCUT2D eigenvalue weighted by Crippen LogP contribution is 2.17. The van der Waals surface area contributed by atoms with E-state index in [0.717, 1.165) is 5.75 Å². The third-order valence-corrected chi connectivity index (χ3v) is 4.00. The average molecular weight is 266 g/mol. The van der Waals surface area contributed by atoms with Gasteiger partial charge in [-0.25, -0.2) is 0 Å². The number of carbonyl (C=O) groups excluding carboxylic acids is 1. The van der Waals surface area contributed by atoms with Gasteiger partial charge in [0.25, 0.3) is 0 Å². The smallest absolute Gasteiger partial charge is 0.232 e. The maximum Gasteiger partial charge on any atom is 0.232 e. The number of carbonyl (C=O) groups is 1. The summed E-state index contributed by atoms with van der Waals surface area (Å²) in [6, 6.07) is 10.5. The SMILES string of the molecule is CNC(C)CNC(=O)C(C)SCc1ccccc1. The summed E-state index contributed by atoms with van der Waals surface area (Å²) in [7, 11) is 1.89. The molecule has 1 aromatic rings. The van der Waals surface area contributed by atoms with Crippen molar-refractivity contribution in [2.45, 2.75) is 30.9 Å². The van der Waals surface area contributed by atoms with E-state index in [-0.39, 0.29) is 11.2 Å². The third-order valence-electron chi connectivity index (χ3n) is 2.79. The van der Waals surface area contributed by atoms with Gasteiger partial charge in [-0.05, 0) is 26.5 Å². The molecule has 0 fully saturated rings. The second kappa shape index (κ2) is 8.16. The van der Waals surface area contributed by atoms with Crippen molar-refractivity contribution in [2.24, 2.45) is 0 Å². The van der Waals surface area contributed by atoms with E-state index in [1.807, 2.05) is 39.1 Å². The molecule has 1 aromatic carbocycles. The second-order valence-electron chi connectivity index (χ2n) is 4.37. The molecule has 2 unspecified atom stereocenters. The molecule has 0 radical (unpaired) electrons. The summed E-state index contributed by atoms with van der Waals surface area (Å²) >= 11 is 1.66. The van der Waals surface area contributed by atoms with Crippen LogP contribution < -0.4 is 10.6 Å². The van der Waals surface area contributed by atoms with Crippen LogP contribution in [0.15, 0.2) is 30.3 Å². The number of amides is 1. The van der Waals surface area contributed by atoms with Crippen molar-refractivity contribution in [1.29, 1.82) is 0 Å². The van der Waals surface area contributed by atoms with Crippen molar-refractivity contribution in [3.05, 3.63) is 35.9 Å². The van der Waals surface area contributed by atoms with E-state index in [1.54, 1.807) is 11.8 Å². The molecule has 0 aliphatic carbocycles. The normalized spacial score (nSPS) is 13.9. The number of benzene rings is 1. The Hall–Kier alpha value is -1.00. The first-order valence-electron chi connectivity index (χ1n) is 6.24. The van der Waals surface area contributed by atoms with E-state index in [4.69, 9.17) is 0 Å². The van der Waals surface area contributed by atoms with E-state index in [1.165, 1.54) is 5.56 Å². The van der Waals surface area contributed by atoms with E-state index in [9.17, 15) is 4.79 Å². The predicted octanol–water partition coefficient (Wildman–Crippen LogP) is 2.03. The zero-order chi connectivity index (χ0) is 13.4.